The van der Waals surface area contributed by atoms with Crippen molar-refractivity contribution in [2.75, 3.05) is 25.2 Å². The smallest absolute Gasteiger partial charge is 0.345 e. The molecule has 0 aliphatic heterocycles. The van der Waals surface area contributed by atoms with Crippen LogP contribution in [0.2, 0.25) is 0 Å². The van der Waals surface area contributed by atoms with Crippen molar-refractivity contribution in [2.24, 2.45) is 0 Å². The zero-order chi connectivity index (χ0) is 12.9. The average Bonchev–Trinajstić information content (AvgIpc) is 2.64. The molecule has 0 unspecified atom stereocenters. The van der Waals surface area contributed by atoms with Gasteiger partial charge in [-0.1, -0.05) is 0 Å². The molecule has 0 aliphatic rings. The van der Waals surface area contributed by atoms with Crippen LogP contribution in [-0.4, -0.2) is 49.8 Å². The van der Waals surface area contributed by atoms with Crippen LogP contribution in [0.15, 0.2) is 6.20 Å². The van der Waals surface area contributed by atoms with Gasteiger partial charge < -0.3 is 9.47 Å². The van der Waals surface area contributed by atoms with Crippen LogP contribution in [0.3, 0.4) is 0 Å². The number of hydrogen-bond donors (Lipinski definition) is 1. The first-order valence-electron chi connectivity index (χ1n) is 4.95. The summed E-state index contributed by atoms with van der Waals surface area (Å²) in [6.45, 7) is 1.88. The zero-order valence-corrected chi connectivity index (χ0v) is 10.4. The minimum absolute atomic E-state index is 0.0482. The Labute approximate surface area is 99.0 Å². The summed E-state index contributed by atoms with van der Waals surface area (Å²) in [5, 5.41) is 6.10. The molecule has 1 rings (SSSR count). The maximum atomic E-state index is 11.4. The van der Waals surface area contributed by atoms with Gasteiger partial charge in [-0.2, -0.15) is 5.10 Å². The highest BCUT2D eigenvalue weighted by Gasteiger charge is 2.16. The quantitative estimate of drug-likeness (QED) is 0.725. The summed E-state index contributed by atoms with van der Waals surface area (Å²) in [4.78, 5) is 11.4. The van der Waals surface area contributed by atoms with Crippen molar-refractivity contribution in [1.29, 1.82) is 0 Å². The van der Waals surface area contributed by atoms with Gasteiger partial charge in [0.1, 0.15) is 12.2 Å². The second kappa shape index (κ2) is 5.67. The van der Waals surface area contributed by atoms with Gasteiger partial charge in [-0.25, -0.2) is 18.3 Å². The number of esters is 1. The van der Waals surface area contributed by atoms with Gasteiger partial charge >= 0.3 is 5.97 Å². The third-order valence-electron chi connectivity index (χ3n) is 1.80. The first kappa shape index (κ1) is 13.5. The molecule has 7 nitrogen and oxygen atoms in total. The topological polar surface area (TPSA) is 98.3 Å². The predicted molar refractivity (Wildman–Crippen MR) is 59.8 cm³/mol. The summed E-state index contributed by atoms with van der Waals surface area (Å²) in [7, 11) is -3.10. The van der Waals surface area contributed by atoms with Crippen LogP contribution >= 0.6 is 0 Å². The molecule has 0 fully saturated rings. The Morgan fingerprint density at radius 1 is 1.53 bits per heavy atom. The molecular weight excluding hydrogens is 248 g/mol. The van der Waals surface area contributed by atoms with Gasteiger partial charge in [0.05, 0.1) is 18.6 Å². The molecule has 0 amide bonds. The molecule has 0 saturated carbocycles. The van der Waals surface area contributed by atoms with Crippen LogP contribution in [0.4, 0.5) is 0 Å². The molecule has 1 aromatic heterocycles. The van der Waals surface area contributed by atoms with E-state index < -0.39 is 15.8 Å². The van der Waals surface area contributed by atoms with Crippen LogP contribution in [0.25, 0.3) is 0 Å². The lowest BCUT2D eigenvalue weighted by Crippen LogP contribution is -2.14. The van der Waals surface area contributed by atoms with E-state index in [-0.39, 0.29) is 30.4 Å². The number of sulfone groups is 1. The van der Waals surface area contributed by atoms with Crippen LogP contribution in [0, 0.1) is 0 Å². The number of aromatic amines is 1. The molecule has 0 spiro atoms. The Hall–Kier alpha value is -1.57. The number of carbonyl (C=O) groups is 1. The summed E-state index contributed by atoms with van der Waals surface area (Å²) in [5.41, 5.74) is 0.153. The maximum absolute atomic E-state index is 11.4. The number of aromatic nitrogens is 2. The fraction of sp³-hybridized carbons (Fsp3) is 0.556. The normalized spacial score (nSPS) is 11.2. The van der Waals surface area contributed by atoms with Gasteiger partial charge in [0.15, 0.2) is 9.84 Å². The van der Waals surface area contributed by atoms with Crippen LogP contribution in [0.1, 0.15) is 17.3 Å². The van der Waals surface area contributed by atoms with Gasteiger partial charge in [-0.3, -0.25) is 0 Å². The highest BCUT2D eigenvalue weighted by Crippen LogP contribution is 2.14. The molecule has 1 heterocycles. The van der Waals surface area contributed by atoms with Crippen molar-refractivity contribution >= 4 is 15.8 Å². The van der Waals surface area contributed by atoms with Crippen molar-refractivity contribution in [3.05, 3.63) is 11.8 Å². The predicted octanol–water partition coefficient (Wildman–Crippen LogP) is 0.00980. The Morgan fingerprint density at radius 3 is 2.82 bits per heavy atom. The van der Waals surface area contributed by atoms with Crippen molar-refractivity contribution < 1.29 is 22.7 Å². The Kier molecular flexibility index (Phi) is 4.50. The monoisotopic (exact) mass is 262 g/mol. The van der Waals surface area contributed by atoms with Crippen molar-refractivity contribution in [3.63, 3.8) is 0 Å². The summed E-state index contributed by atoms with van der Waals surface area (Å²) >= 11 is 0. The number of nitrogens with one attached hydrogen (secondary N) is 1. The van der Waals surface area contributed by atoms with E-state index >= 15 is 0 Å². The van der Waals surface area contributed by atoms with E-state index in [9.17, 15) is 13.2 Å². The third-order valence-corrected chi connectivity index (χ3v) is 2.71. The van der Waals surface area contributed by atoms with Crippen molar-refractivity contribution in [1.82, 2.24) is 10.2 Å². The molecule has 0 radical (unpaired) electrons. The number of H-pyrrole nitrogens is 1. The first-order valence-corrected chi connectivity index (χ1v) is 7.01. The van der Waals surface area contributed by atoms with Crippen molar-refractivity contribution in [3.8, 4) is 5.88 Å². The Bertz CT molecular complexity index is 479. The number of carbonyl (C=O) groups excluding carboxylic acids is 1. The molecule has 1 aromatic rings. The van der Waals surface area contributed by atoms with Gasteiger partial charge in [-0.05, 0) is 6.92 Å². The van der Waals surface area contributed by atoms with E-state index in [1.165, 1.54) is 6.20 Å². The Morgan fingerprint density at radius 2 is 2.24 bits per heavy atom. The minimum atomic E-state index is -3.10. The number of hydrogen-bond acceptors (Lipinski definition) is 6. The van der Waals surface area contributed by atoms with Gasteiger partial charge in [0.25, 0.3) is 0 Å². The fourth-order valence-electron chi connectivity index (χ4n) is 1.03. The molecule has 0 aromatic carbocycles. The minimum Gasteiger partial charge on any atom is -0.476 e. The van der Waals surface area contributed by atoms with Gasteiger partial charge in [0, 0.05) is 6.26 Å². The van der Waals surface area contributed by atoms with Gasteiger partial charge in [0.2, 0.25) is 5.88 Å². The molecule has 8 heteroatoms. The molecule has 17 heavy (non-hydrogen) atoms. The second-order valence-electron chi connectivity index (χ2n) is 3.31. The van der Waals surface area contributed by atoms with E-state index in [1.807, 2.05) is 0 Å². The van der Waals surface area contributed by atoms with Crippen molar-refractivity contribution in [2.45, 2.75) is 6.92 Å². The number of rotatable bonds is 6. The number of ether oxygens (including phenoxy) is 2. The highest BCUT2D eigenvalue weighted by atomic mass is 32.2. The van der Waals surface area contributed by atoms with Gasteiger partial charge in [-0.15, -0.1) is 0 Å². The third kappa shape index (κ3) is 4.43. The standard InChI is InChI=1S/C9H14N2O5S/c1-3-15-9(12)7-6-10-11-8(7)16-4-5-17(2,13)14/h6H,3-5H2,1-2H3,(H,10,11). The Balaban J connectivity index is 2.60. The largest absolute Gasteiger partial charge is 0.476 e. The summed E-state index contributed by atoms with van der Waals surface area (Å²) in [6, 6.07) is 0. The SMILES string of the molecule is CCOC(=O)c1cn[nH]c1OCCS(C)(=O)=O. The fourth-order valence-corrected chi connectivity index (χ4v) is 1.42. The lowest BCUT2D eigenvalue weighted by atomic mass is 10.3. The lowest BCUT2D eigenvalue weighted by Gasteiger charge is -2.05. The molecule has 0 saturated heterocycles. The average molecular weight is 262 g/mol. The van der Waals surface area contributed by atoms with E-state index in [2.05, 4.69) is 10.2 Å². The highest BCUT2D eigenvalue weighted by molar-refractivity contribution is 7.90. The molecule has 1 N–H and O–H groups in total. The summed E-state index contributed by atoms with van der Waals surface area (Å²) in [5.74, 6) is -0.573. The first-order chi connectivity index (χ1) is 7.94. The van der Waals surface area contributed by atoms with E-state index in [1.54, 1.807) is 6.92 Å². The van der Waals surface area contributed by atoms with E-state index in [0.717, 1.165) is 6.26 Å². The van der Waals surface area contributed by atoms with Crippen LogP contribution in [-0.2, 0) is 14.6 Å². The van der Waals surface area contributed by atoms with E-state index in [4.69, 9.17) is 9.47 Å². The molecule has 96 valence electrons. The van der Waals surface area contributed by atoms with Crippen LogP contribution < -0.4 is 4.74 Å². The lowest BCUT2D eigenvalue weighted by molar-refractivity contribution is 0.0522. The zero-order valence-electron chi connectivity index (χ0n) is 9.60. The summed E-state index contributed by atoms with van der Waals surface area (Å²) < 4.78 is 31.7. The molecule has 0 atom stereocenters. The van der Waals surface area contributed by atoms with Crippen LogP contribution in [0.5, 0.6) is 5.88 Å². The molecular formula is C9H14N2O5S. The second-order valence-corrected chi connectivity index (χ2v) is 5.57. The molecule has 0 bridgehead atoms. The van der Waals surface area contributed by atoms with E-state index in [0.29, 0.717) is 0 Å². The molecule has 0 aliphatic carbocycles. The maximum Gasteiger partial charge on any atom is 0.345 e. The number of nitrogens with zero attached hydrogens (tertiary/aromatic N) is 1. The summed E-state index contributed by atoms with van der Waals surface area (Å²) in [6.07, 6.45) is 2.38.